The van der Waals surface area contributed by atoms with E-state index < -0.39 is 13.4 Å². The lowest BCUT2D eigenvalue weighted by atomic mass is 10.2. The van der Waals surface area contributed by atoms with Crippen LogP contribution < -0.4 is 5.30 Å². The van der Waals surface area contributed by atoms with Gasteiger partial charge in [0.15, 0.2) is 0 Å². The molecule has 1 aromatic rings. The van der Waals surface area contributed by atoms with E-state index in [-0.39, 0.29) is 0 Å². The van der Waals surface area contributed by atoms with Gasteiger partial charge in [-0.25, -0.2) is 14.1 Å². The molecule has 5 nitrogen and oxygen atoms in total. The van der Waals surface area contributed by atoms with E-state index >= 15 is 0 Å². The lowest BCUT2D eigenvalue weighted by molar-refractivity contribution is -0.137. The van der Waals surface area contributed by atoms with Crippen molar-refractivity contribution in [3.05, 3.63) is 35.9 Å². The van der Waals surface area contributed by atoms with Crippen LogP contribution in [-0.4, -0.2) is 50.1 Å². The maximum Gasteiger partial charge on any atom is 0.330 e. The highest BCUT2D eigenvalue weighted by atomic mass is 31.2. The van der Waals surface area contributed by atoms with Crippen LogP contribution in [0.2, 0.25) is 0 Å². The molecule has 0 aliphatic rings. The van der Waals surface area contributed by atoms with E-state index in [1.807, 2.05) is 24.3 Å². The molecule has 0 atom stereocenters. The standard InChI is InChI=1S/C15H23N2O3P/c1-6-20-15(18)12-11-13-9-7-8-10-14(13)21(19,16(2)3)17(4)5/h7-12H,6H2,1-5H3/b12-11+. The quantitative estimate of drug-likeness (QED) is 0.458. The first kappa shape index (κ1) is 17.6. The van der Waals surface area contributed by atoms with E-state index in [0.29, 0.717) is 11.9 Å². The average Bonchev–Trinajstić information content (AvgIpc) is 2.44. The van der Waals surface area contributed by atoms with Crippen LogP contribution in [0.5, 0.6) is 0 Å². The molecule has 0 spiro atoms. The number of carbonyl (C=O) groups is 1. The number of hydrogen-bond acceptors (Lipinski definition) is 3. The molecular weight excluding hydrogens is 287 g/mol. The Morgan fingerprint density at radius 1 is 1.19 bits per heavy atom. The molecule has 0 heterocycles. The highest BCUT2D eigenvalue weighted by Gasteiger charge is 2.31. The first-order valence-electron chi connectivity index (χ1n) is 6.74. The van der Waals surface area contributed by atoms with Gasteiger partial charge >= 0.3 is 5.97 Å². The molecule has 0 aliphatic heterocycles. The van der Waals surface area contributed by atoms with Crippen molar-refractivity contribution in [3.63, 3.8) is 0 Å². The van der Waals surface area contributed by atoms with Gasteiger partial charge in [0.1, 0.15) is 0 Å². The molecule has 116 valence electrons. The summed E-state index contributed by atoms with van der Waals surface area (Å²) in [6.45, 7) is 2.09. The third-order valence-corrected chi connectivity index (χ3v) is 6.22. The zero-order valence-corrected chi connectivity index (χ0v) is 14.1. The SMILES string of the molecule is CCOC(=O)/C=C/c1ccccc1P(=O)(N(C)C)N(C)C. The summed E-state index contributed by atoms with van der Waals surface area (Å²) in [5.41, 5.74) is 0.747. The maximum absolute atomic E-state index is 13.3. The minimum Gasteiger partial charge on any atom is -0.463 e. The molecule has 0 saturated heterocycles. The Morgan fingerprint density at radius 3 is 2.29 bits per heavy atom. The van der Waals surface area contributed by atoms with Crippen molar-refractivity contribution in [1.82, 2.24) is 9.34 Å². The van der Waals surface area contributed by atoms with Crippen molar-refractivity contribution in [2.24, 2.45) is 0 Å². The topological polar surface area (TPSA) is 49.9 Å². The largest absolute Gasteiger partial charge is 0.463 e. The predicted molar refractivity (Wildman–Crippen MR) is 86.7 cm³/mol. The fraction of sp³-hybridized carbons (Fsp3) is 0.400. The van der Waals surface area contributed by atoms with E-state index in [2.05, 4.69) is 0 Å². The van der Waals surface area contributed by atoms with Crippen molar-refractivity contribution in [1.29, 1.82) is 0 Å². The number of hydrogen-bond donors (Lipinski definition) is 0. The molecule has 6 heteroatoms. The molecular formula is C15H23N2O3P. The molecule has 1 aromatic carbocycles. The Labute approximate surface area is 126 Å². The minimum absolute atomic E-state index is 0.332. The second-order valence-corrected chi connectivity index (χ2v) is 8.05. The fourth-order valence-corrected chi connectivity index (χ4v) is 4.37. The van der Waals surface area contributed by atoms with Gasteiger partial charge in [-0.2, -0.15) is 0 Å². The number of ether oxygens (including phenoxy) is 1. The van der Waals surface area contributed by atoms with Crippen molar-refractivity contribution in [3.8, 4) is 0 Å². The monoisotopic (exact) mass is 310 g/mol. The van der Waals surface area contributed by atoms with Gasteiger partial charge in [0.05, 0.1) is 6.61 Å². The first-order valence-corrected chi connectivity index (χ1v) is 8.35. The summed E-state index contributed by atoms with van der Waals surface area (Å²) in [5.74, 6) is -0.406. The van der Waals surface area contributed by atoms with Gasteiger partial charge in [0.2, 0.25) is 7.44 Å². The molecule has 0 aromatic heterocycles. The lowest BCUT2D eigenvalue weighted by Gasteiger charge is -2.31. The maximum atomic E-state index is 13.3. The highest BCUT2D eigenvalue weighted by molar-refractivity contribution is 7.67. The van der Waals surface area contributed by atoms with Crippen LogP contribution >= 0.6 is 7.44 Å². The van der Waals surface area contributed by atoms with Crippen molar-refractivity contribution < 1.29 is 14.1 Å². The summed E-state index contributed by atoms with van der Waals surface area (Å²) in [6.07, 6.45) is 3.00. The Kier molecular flexibility index (Phi) is 6.34. The van der Waals surface area contributed by atoms with Crippen LogP contribution in [0.25, 0.3) is 6.08 Å². The van der Waals surface area contributed by atoms with Gasteiger partial charge in [-0.05, 0) is 52.8 Å². The summed E-state index contributed by atoms with van der Waals surface area (Å²) >= 11 is 0. The van der Waals surface area contributed by atoms with Gasteiger partial charge < -0.3 is 4.74 Å². The molecule has 0 radical (unpaired) electrons. The minimum atomic E-state index is -2.87. The second-order valence-electron chi connectivity index (χ2n) is 4.88. The van der Waals surface area contributed by atoms with Crippen LogP contribution in [-0.2, 0) is 14.1 Å². The summed E-state index contributed by atoms with van der Waals surface area (Å²) in [4.78, 5) is 11.4. The van der Waals surface area contributed by atoms with E-state index in [0.717, 1.165) is 5.56 Å². The number of esters is 1. The van der Waals surface area contributed by atoms with Crippen molar-refractivity contribution in [2.45, 2.75) is 6.92 Å². The summed E-state index contributed by atoms with van der Waals surface area (Å²) in [6, 6.07) is 7.36. The zero-order chi connectivity index (χ0) is 16.0. The van der Waals surface area contributed by atoms with Gasteiger partial charge in [-0.1, -0.05) is 18.2 Å². The third kappa shape index (κ3) is 4.03. The molecule has 0 unspecified atom stereocenters. The molecule has 0 N–H and O–H groups in total. The molecule has 0 saturated carbocycles. The van der Waals surface area contributed by atoms with E-state index in [4.69, 9.17) is 4.74 Å². The predicted octanol–water partition coefficient (Wildman–Crippen LogP) is 2.20. The van der Waals surface area contributed by atoms with E-state index in [1.54, 1.807) is 50.5 Å². The average molecular weight is 310 g/mol. The second kappa shape index (κ2) is 7.55. The van der Waals surface area contributed by atoms with Crippen molar-refractivity contribution >= 4 is 24.8 Å². The Bertz CT molecular complexity index is 556. The smallest absolute Gasteiger partial charge is 0.330 e. The van der Waals surface area contributed by atoms with Crippen LogP contribution in [0.15, 0.2) is 30.3 Å². The molecule has 1 rings (SSSR count). The Hall–Kier alpha value is -1.42. The third-order valence-electron chi connectivity index (χ3n) is 3.02. The lowest BCUT2D eigenvalue weighted by Crippen LogP contribution is -2.30. The summed E-state index contributed by atoms with van der Waals surface area (Å²) in [5, 5.41) is 0.695. The molecule has 0 aliphatic carbocycles. The Morgan fingerprint density at radius 2 is 1.76 bits per heavy atom. The molecule has 0 amide bonds. The summed E-state index contributed by atoms with van der Waals surface area (Å²) < 4.78 is 21.6. The van der Waals surface area contributed by atoms with Crippen LogP contribution in [0.1, 0.15) is 12.5 Å². The van der Waals surface area contributed by atoms with Crippen LogP contribution in [0, 0.1) is 0 Å². The summed E-state index contributed by atoms with van der Waals surface area (Å²) in [7, 11) is 4.27. The van der Waals surface area contributed by atoms with Gasteiger partial charge in [0, 0.05) is 11.4 Å². The Balaban J connectivity index is 3.27. The number of rotatable bonds is 6. The van der Waals surface area contributed by atoms with Gasteiger partial charge in [0.25, 0.3) is 0 Å². The van der Waals surface area contributed by atoms with Crippen molar-refractivity contribution in [2.75, 3.05) is 34.8 Å². The van der Waals surface area contributed by atoms with E-state index in [9.17, 15) is 9.36 Å². The number of benzene rings is 1. The van der Waals surface area contributed by atoms with E-state index in [1.165, 1.54) is 6.08 Å². The normalized spacial score (nSPS) is 12.3. The first-order chi connectivity index (χ1) is 9.83. The molecule has 0 fully saturated rings. The zero-order valence-electron chi connectivity index (χ0n) is 13.2. The highest BCUT2D eigenvalue weighted by Crippen LogP contribution is 2.49. The molecule has 21 heavy (non-hydrogen) atoms. The number of carbonyl (C=O) groups excluding carboxylic acids is 1. The van der Waals surface area contributed by atoms with Gasteiger partial charge in [-0.3, -0.25) is 4.57 Å². The van der Waals surface area contributed by atoms with Gasteiger partial charge in [-0.15, -0.1) is 0 Å². The molecule has 0 bridgehead atoms. The number of nitrogens with zero attached hydrogens (tertiary/aromatic N) is 2. The van der Waals surface area contributed by atoms with Crippen LogP contribution in [0.3, 0.4) is 0 Å². The fourth-order valence-electron chi connectivity index (χ4n) is 2.03. The van der Waals surface area contributed by atoms with Crippen LogP contribution in [0.4, 0.5) is 0 Å².